The number of methoxy groups -OCH3 is 2. The van der Waals surface area contributed by atoms with Gasteiger partial charge in [-0.1, -0.05) is 121 Å². The number of hydrogen-bond donors (Lipinski definition) is 1. The summed E-state index contributed by atoms with van der Waals surface area (Å²) in [5.41, 5.74) is 19.8. The van der Waals surface area contributed by atoms with E-state index in [1.165, 1.54) is 14.2 Å². The van der Waals surface area contributed by atoms with E-state index in [1.54, 1.807) is 6.07 Å². The minimum Gasteiger partial charge on any atom is -0.616 e. The van der Waals surface area contributed by atoms with Crippen molar-refractivity contribution in [3.05, 3.63) is 225 Å². The van der Waals surface area contributed by atoms with Gasteiger partial charge in [0.2, 0.25) is 0 Å². The number of nitrogens with two attached hydrogens (primary N) is 1. The fourth-order valence-corrected chi connectivity index (χ4v) is 8.35. The summed E-state index contributed by atoms with van der Waals surface area (Å²) in [6, 6.07) is 41.5. The number of allylic oxidation sites excluding steroid dienone is 10. The Morgan fingerprint density at radius 3 is 1.31 bits per heavy atom. The largest absolute Gasteiger partial charge is 2.00 e. The third kappa shape index (κ3) is 6.68. The molecule has 5 aliphatic rings. The van der Waals surface area contributed by atoms with Crippen molar-refractivity contribution in [3.8, 4) is 0 Å². The van der Waals surface area contributed by atoms with Crippen molar-refractivity contribution in [3.63, 3.8) is 0 Å². The second-order valence-corrected chi connectivity index (χ2v) is 14.5. The second kappa shape index (κ2) is 16.3. The summed E-state index contributed by atoms with van der Waals surface area (Å²) in [5.74, 6) is -1.54. The van der Waals surface area contributed by atoms with E-state index in [0.717, 1.165) is 44.8 Å². The van der Waals surface area contributed by atoms with Gasteiger partial charge in [0.1, 0.15) is 0 Å². The number of nitrogen functional groups attached to an aromatic ring is 1. The zero-order chi connectivity index (χ0) is 41.6. The monoisotopic (exact) mass is 856 g/mol. The zero-order valence-electron chi connectivity index (χ0n) is 33.4. The quantitative estimate of drug-likeness (QED) is 0.157. The van der Waals surface area contributed by atoms with Crippen LogP contribution in [0, 0.1) is 0 Å². The standard InChI is InChI=1S/C52H37N5O4.Cu/c1-60-51(58)35-29-34-46(48(53)47(35)52(59)61-2)50-45(33-21-13-6-14-22-33)41-28-26-39(56-41)43(31-17-9-4-10-18-31)37-24-23-36(54-37)42(30-15-7-3-8-16-30)38-25-27-40(55-38)44(49(34)57-50)32-19-11-5-12-20-32;/h3-29,58-59H,53H2,1-2H3;/q;+2/p-2/b42-36?,42-38?,43-37?,43-39?,44-40?,45-41?,49-44?,50-45?,51-35+,52-47-;. The molecule has 5 aromatic carbocycles. The fraction of sp³-hybridized carbons (Fsp3) is 0.0385. The Labute approximate surface area is 368 Å². The summed E-state index contributed by atoms with van der Waals surface area (Å²) in [6.07, 6.45) is 12.0. The number of nitrogens with zero attached hydrogens (tertiary/aromatic N) is 4. The van der Waals surface area contributed by atoms with Crippen molar-refractivity contribution in [1.29, 1.82) is 0 Å². The first-order valence-corrected chi connectivity index (χ1v) is 19.7. The van der Waals surface area contributed by atoms with E-state index in [1.807, 2.05) is 134 Å². The molecule has 0 saturated heterocycles. The summed E-state index contributed by atoms with van der Waals surface area (Å²) in [5, 5.41) is 27.1. The van der Waals surface area contributed by atoms with E-state index >= 15 is 0 Å². The van der Waals surface area contributed by atoms with Crippen molar-refractivity contribution in [1.82, 2.24) is 0 Å². The van der Waals surface area contributed by atoms with Crippen LogP contribution < -0.4 is 26.4 Å². The molecule has 0 saturated carbocycles. The minimum atomic E-state index is -0.788. The number of fused-ring (bicyclic) bond motifs is 7. The SMILES string of the molecule is CO/C([O-])=c1\c(N)c2c(c\c1=C(\[O-])OC)C1=NC2=C(c2ccccc2)C2=NC(=C(c3ccccc3)C3=NC(=C(c4ccccc4)C4=NC(=C1c1ccccc1)C=C4)C=C3)C=C2.[Cu+2]. The van der Waals surface area contributed by atoms with Crippen LogP contribution in [0.5, 0.6) is 0 Å². The van der Waals surface area contributed by atoms with Crippen molar-refractivity contribution < 1.29 is 36.8 Å². The van der Waals surface area contributed by atoms with Gasteiger partial charge in [0.25, 0.3) is 0 Å². The van der Waals surface area contributed by atoms with Crippen LogP contribution in [0.1, 0.15) is 33.4 Å². The van der Waals surface area contributed by atoms with Gasteiger partial charge in [-0.25, -0.2) is 20.0 Å². The summed E-state index contributed by atoms with van der Waals surface area (Å²) in [6.45, 7) is 0. The summed E-state index contributed by atoms with van der Waals surface area (Å²) < 4.78 is 10.5. The molecule has 10 rings (SSSR count). The first kappa shape index (κ1) is 39.7. The molecule has 10 heteroatoms. The smallest absolute Gasteiger partial charge is 0.616 e. The summed E-state index contributed by atoms with van der Waals surface area (Å²) >= 11 is 0. The van der Waals surface area contributed by atoms with E-state index < -0.39 is 11.9 Å². The van der Waals surface area contributed by atoms with E-state index in [0.29, 0.717) is 56.5 Å². The molecule has 0 fully saturated rings. The molecule has 9 nitrogen and oxygen atoms in total. The predicted octanol–water partition coefficient (Wildman–Crippen LogP) is 6.36. The van der Waals surface area contributed by atoms with Gasteiger partial charge in [-0.15, -0.1) is 0 Å². The number of benzene rings is 5. The molecular weight excluding hydrogens is 822 g/mol. The van der Waals surface area contributed by atoms with Crippen LogP contribution in [-0.2, 0) is 26.5 Å². The van der Waals surface area contributed by atoms with Gasteiger partial charge >= 0.3 is 17.1 Å². The van der Waals surface area contributed by atoms with Crippen LogP contribution in [-0.4, -0.2) is 37.1 Å². The maximum absolute atomic E-state index is 13.6. The predicted molar refractivity (Wildman–Crippen MR) is 241 cm³/mol. The van der Waals surface area contributed by atoms with Crippen LogP contribution in [0.2, 0.25) is 0 Å². The Bertz CT molecular complexity index is 3190. The molecule has 5 aromatic rings. The molecule has 1 radical (unpaired) electrons. The minimum absolute atomic E-state index is 0. The average molecular weight is 857 g/mol. The number of hydrogen-bond acceptors (Lipinski definition) is 9. The molecule has 8 bridgehead atoms. The number of rotatable bonds is 6. The number of anilines is 1. The van der Waals surface area contributed by atoms with Crippen LogP contribution in [0.15, 0.2) is 201 Å². The summed E-state index contributed by atoms with van der Waals surface area (Å²) in [7, 11) is 2.51. The van der Waals surface area contributed by atoms with E-state index in [2.05, 4.69) is 24.3 Å². The maximum Gasteiger partial charge on any atom is 2.00 e. The second-order valence-electron chi connectivity index (χ2n) is 14.5. The molecular formula is C52H35CuN5O4. The molecule has 62 heavy (non-hydrogen) atoms. The molecule has 5 heterocycles. The van der Waals surface area contributed by atoms with Crippen molar-refractivity contribution in [2.24, 2.45) is 20.0 Å². The van der Waals surface area contributed by atoms with Gasteiger partial charge in [-0.05, 0) is 79.0 Å². The summed E-state index contributed by atoms with van der Waals surface area (Å²) in [4.78, 5) is 21.6. The van der Waals surface area contributed by atoms with Crippen LogP contribution in [0.3, 0.4) is 0 Å². The van der Waals surface area contributed by atoms with Crippen molar-refractivity contribution in [2.45, 2.75) is 0 Å². The normalized spacial score (nSPS) is 17.1. The van der Waals surface area contributed by atoms with Crippen molar-refractivity contribution >= 4 is 68.4 Å². The molecule has 0 amide bonds. The van der Waals surface area contributed by atoms with Crippen LogP contribution in [0.25, 0.3) is 39.9 Å². The Morgan fingerprint density at radius 1 is 0.484 bits per heavy atom. The average Bonchev–Trinajstić information content (AvgIpc) is 4.14. The molecule has 5 aliphatic heterocycles. The first-order valence-electron chi connectivity index (χ1n) is 19.7. The third-order valence-electron chi connectivity index (χ3n) is 11.1. The molecule has 303 valence electrons. The Morgan fingerprint density at radius 2 is 0.871 bits per heavy atom. The molecule has 2 N–H and O–H groups in total. The fourth-order valence-electron chi connectivity index (χ4n) is 8.35. The van der Waals surface area contributed by atoms with Gasteiger partial charge < -0.3 is 25.4 Å². The first-order chi connectivity index (χ1) is 29.9. The van der Waals surface area contributed by atoms with Gasteiger partial charge in [-0.2, -0.15) is 0 Å². The van der Waals surface area contributed by atoms with Crippen LogP contribution >= 0.6 is 0 Å². The van der Waals surface area contributed by atoms with Gasteiger partial charge in [0.15, 0.2) is 0 Å². The number of ether oxygens (including phenoxy) is 2. The molecule has 0 unspecified atom stereocenters. The molecule has 0 spiro atoms. The van der Waals surface area contributed by atoms with E-state index in [4.69, 9.17) is 35.2 Å². The third-order valence-corrected chi connectivity index (χ3v) is 11.1. The molecule has 0 atom stereocenters. The van der Waals surface area contributed by atoms with Crippen LogP contribution in [0.4, 0.5) is 5.69 Å². The van der Waals surface area contributed by atoms with Gasteiger partial charge in [0, 0.05) is 43.9 Å². The topological polar surface area (TPSA) is 140 Å². The van der Waals surface area contributed by atoms with Crippen molar-refractivity contribution in [2.75, 3.05) is 20.0 Å². The van der Waals surface area contributed by atoms with E-state index in [-0.39, 0.29) is 33.2 Å². The Kier molecular flexibility index (Phi) is 10.5. The molecule has 0 aliphatic carbocycles. The maximum atomic E-state index is 13.6. The van der Waals surface area contributed by atoms with E-state index in [9.17, 15) is 10.2 Å². The number of aliphatic imine (C=N–C) groups is 4. The molecule has 0 aromatic heterocycles. The Balaban J connectivity index is 0.00000490. The van der Waals surface area contributed by atoms with Gasteiger partial charge in [0.05, 0.1) is 63.2 Å². The zero-order valence-corrected chi connectivity index (χ0v) is 34.3. The van der Waals surface area contributed by atoms with Gasteiger partial charge in [-0.3, -0.25) is 0 Å². The Hall–Kier alpha value is -7.78.